The van der Waals surface area contributed by atoms with Gasteiger partial charge in [-0.2, -0.15) is 0 Å². The lowest BCUT2D eigenvalue weighted by Gasteiger charge is -2.21. The zero-order chi connectivity index (χ0) is 22.5. The van der Waals surface area contributed by atoms with Gasteiger partial charge in [-0.1, -0.05) is 48.5 Å². The van der Waals surface area contributed by atoms with Gasteiger partial charge < -0.3 is 20.7 Å². The summed E-state index contributed by atoms with van der Waals surface area (Å²) in [4.78, 5) is 21.7. The molecule has 4 rings (SSSR count). The highest BCUT2D eigenvalue weighted by atomic mass is 16.3. The number of nitrogens with two attached hydrogens (primary N) is 1. The zero-order valence-electron chi connectivity index (χ0n) is 18.0. The number of aromatic hydroxyl groups is 1. The zero-order valence-corrected chi connectivity index (χ0v) is 18.0. The molecule has 4 aromatic rings. The molecule has 0 fully saturated rings. The Morgan fingerprint density at radius 3 is 2.38 bits per heavy atom. The van der Waals surface area contributed by atoms with Crippen molar-refractivity contribution in [2.24, 2.45) is 10.7 Å². The minimum atomic E-state index is -0.0246. The van der Waals surface area contributed by atoms with Gasteiger partial charge >= 0.3 is 0 Å². The molecule has 0 unspecified atom stereocenters. The maximum absolute atomic E-state index is 12.0. The number of aromatic nitrogens is 1. The van der Waals surface area contributed by atoms with Gasteiger partial charge in [0, 0.05) is 35.6 Å². The molecule has 6 heteroatoms. The second-order valence-electron chi connectivity index (χ2n) is 7.55. The molecule has 1 aromatic heterocycles. The van der Waals surface area contributed by atoms with Crippen LogP contribution in [0.15, 0.2) is 83.9 Å². The van der Waals surface area contributed by atoms with E-state index in [0.717, 1.165) is 34.3 Å². The van der Waals surface area contributed by atoms with Gasteiger partial charge in [-0.25, -0.2) is 4.99 Å². The van der Waals surface area contributed by atoms with Crippen LogP contribution in [0.2, 0.25) is 0 Å². The number of carbonyl (C=O) groups excluding carboxylic acids is 1. The van der Waals surface area contributed by atoms with Crippen LogP contribution in [0.4, 0.5) is 11.4 Å². The summed E-state index contributed by atoms with van der Waals surface area (Å²) in [5.74, 6) is 0.0540. The maximum atomic E-state index is 12.0. The van der Waals surface area contributed by atoms with Gasteiger partial charge in [-0.3, -0.25) is 4.79 Å². The lowest BCUT2D eigenvalue weighted by molar-refractivity contribution is -0.116. The van der Waals surface area contributed by atoms with Crippen LogP contribution in [0.1, 0.15) is 24.5 Å². The van der Waals surface area contributed by atoms with Crippen molar-refractivity contribution in [3.63, 3.8) is 0 Å². The fraction of sp³-hybridized carbons (Fsp3) is 0.154. The van der Waals surface area contributed by atoms with E-state index in [4.69, 9.17) is 10.7 Å². The molecular weight excluding hydrogens is 400 g/mol. The lowest BCUT2D eigenvalue weighted by Crippen LogP contribution is -2.30. The highest BCUT2D eigenvalue weighted by Gasteiger charge is 2.18. The van der Waals surface area contributed by atoms with Crippen LogP contribution in [0.5, 0.6) is 5.88 Å². The summed E-state index contributed by atoms with van der Waals surface area (Å²) in [5.41, 5.74) is 10.2. The van der Waals surface area contributed by atoms with E-state index in [1.54, 1.807) is 11.8 Å². The van der Waals surface area contributed by atoms with E-state index in [1.807, 2.05) is 78.9 Å². The van der Waals surface area contributed by atoms with Gasteiger partial charge in [0.05, 0.1) is 17.0 Å². The number of nitrogens with one attached hydrogen (secondary N) is 1. The van der Waals surface area contributed by atoms with Gasteiger partial charge in [0.1, 0.15) is 0 Å². The molecule has 0 spiro atoms. The summed E-state index contributed by atoms with van der Waals surface area (Å²) in [6, 6.07) is 25.1. The molecule has 0 saturated carbocycles. The Morgan fingerprint density at radius 1 is 1.00 bits per heavy atom. The van der Waals surface area contributed by atoms with E-state index in [9.17, 15) is 9.90 Å². The van der Waals surface area contributed by atoms with Gasteiger partial charge in [0.15, 0.2) is 5.88 Å². The average Bonchev–Trinajstić information content (AvgIpc) is 3.14. The number of rotatable bonds is 7. The third kappa shape index (κ3) is 4.40. The van der Waals surface area contributed by atoms with Crippen LogP contribution >= 0.6 is 0 Å². The number of fused-ring (bicyclic) bond motifs is 1. The molecule has 1 heterocycles. The Bertz CT molecular complexity index is 1240. The van der Waals surface area contributed by atoms with Crippen molar-refractivity contribution in [2.75, 3.05) is 18.0 Å². The number of hydrogen-bond acceptors (Lipinski definition) is 4. The Morgan fingerprint density at radius 2 is 1.69 bits per heavy atom. The molecule has 0 atom stereocenters. The Hall–Kier alpha value is -3.90. The third-order valence-electron chi connectivity index (χ3n) is 5.34. The fourth-order valence-corrected chi connectivity index (χ4v) is 3.78. The monoisotopic (exact) mass is 426 g/mol. The summed E-state index contributed by atoms with van der Waals surface area (Å²) in [5, 5.41) is 11.6. The molecule has 0 saturated heterocycles. The number of amides is 1. The number of para-hydroxylation sites is 1. The van der Waals surface area contributed by atoms with Crippen molar-refractivity contribution >= 4 is 33.9 Å². The number of nitrogens with zero attached hydrogens (tertiary/aromatic N) is 2. The van der Waals surface area contributed by atoms with Gasteiger partial charge in [0.2, 0.25) is 5.91 Å². The Labute approximate surface area is 187 Å². The first kappa shape index (κ1) is 21.3. The summed E-state index contributed by atoms with van der Waals surface area (Å²) < 4.78 is 0. The van der Waals surface area contributed by atoms with Crippen molar-refractivity contribution < 1.29 is 9.90 Å². The quantitative estimate of drug-likeness (QED) is 0.372. The number of H-pyrrole nitrogens is 1. The van der Waals surface area contributed by atoms with E-state index in [0.29, 0.717) is 24.4 Å². The molecule has 32 heavy (non-hydrogen) atoms. The van der Waals surface area contributed by atoms with Crippen molar-refractivity contribution in [1.82, 2.24) is 4.98 Å². The Kier molecular flexibility index (Phi) is 6.33. The van der Waals surface area contributed by atoms with Crippen LogP contribution in [0.3, 0.4) is 0 Å². The molecule has 162 valence electrons. The largest absolute Gasteiger partial charge is 0.494 e. The third-order valence-corrected chi connectivity index (χ3v) is 5.34. The van der Waals surface area contributed by atoms with Crippen molar-refractivity contribution in [2.45, 2.75) is 13.3 Å². The molecule has 0 aliphatic heterocycles. The van der Waals surface area contributed by atoms with Crippen molar-refractivity contribution in [3.05, 3.63) is 90.0 Å². The van der Waals surface area contributed by atoms with E-state index >= 15 is 0 Å². The number of benzene rings is 3. The standard InChI is InChI=1S/C26H26N4O2/c1-18(31)30(17-7-16-27)21-14-12-20(13-15-21)28-25(19-8-3-2-4-9-19)24-22-10-5-6-11-23(22)29-26(24)32/h2-6,8-15,29,32H,7,16-17,27H2,1H3. The SMILES string of the molecule is CC(=O)N(CCCN)c1ccc(N=C(c2ccccc2)c2c(O)[nH]c3ccccc23)cc1. The first-order valence-corrected chi connectivity index (χ1v) is 10.6. The highest BCUT2D eigenvalue weighted by molar-refractivity contribution is 6.21. The molecule has 0 radical (unpaired) electrons. The molecule has 0 aliphatic rings. The van der Waals surface area contributed by atoms with Crippen LogP contribution in [-0.4, -0.2) is 34.8 Å². The fourth-order valence-electron chi connectivity index (χ4n) is 3.78. The second kappa shape index (κ2) is 9.49. The van der Waals surface area contributed by atoms with E-state index in [-0.39, 0.29) is 11.8 Å². The molecule has 3 aromatic carbocycles. The lowest BCUT2D eigenvalue weighted by atomic mass is 10.0. The number of hydrogen-bond donors (Lipinski definition) is 3. The number of anilines is 1. The molecule has 6 nitrogen and oxygen atoms in total. The van der Waals surface area contributed by atoms with Crippen LogP contribution < -0.4 is 10.6 Å². The molecule has 0 aliphatic carbocycles. The smallest absolute Gasteiger partial charge is 0.223 e. The normalized spacial score (nSPS) is 11.6. The topological polar surface area (TPSA) is 94.7 Å². The van der Waals surface area contributed by atoms with Gasteiger partial charge in [-0.05, 0) is 43.3 Å². The number of carbonyl (C=O) groups is 1. The van der Waals surface area contributed by atoms with Crippen molar-refractivity contribution in [3.8, 4) is 5.88 Å². The van der Waals surface area contributed by atoms with Gasteiger partial charge in [-0.15, -0.1) is 0 Å². The van der Waals surface area contributed by atoms with E-state index in [2.05, 4.69) is 4.98 Å². The maximum Gasteiger partial charge on any atom is 0.223 e. The average molecular weight is 427 g/mol. The minimum absolute atomic E-state index is 0.0246. The van der Waals surface area contributed by atoms with Crippen molar-refractivity contribution in [1.29, 1.82) is 0 Å². The summed E-state index contributed by atoms with van der Waals surface area (Å²) >= 11 is 0. The van der Waals surface area contributed by atoms with Crippen LogP contribution in [0.25, 0.3) is 10.9 Å². The number of aromatic amines is 1. The minimum Gasteiger partial charge on any atom is -0.494 e. The Balaban J connectivity index is 1.78. The van der Waals surface area contributed by atoms with E-state index < -0.39 is 0 Å². The first-order chi connectivity index (χ1) is 15.6. The first-order valence-electron chi connectivity index (χ1n) is 10.6. The molecule has 4 N–H and O–H groups in total. The van der Waals surface area contributed by atoms with Crippen LogP contribution in [-0.2, 0) is 4.79 Å². The van der Waals surface area contributed by atoms with Crippen LogP contribution in [0, 0.1) is 0 Å². The predicted molar refractivity (Wildman–Crippen MR) is 130 cm³/mol. The summed E-state index contributed by atoms with van der Waals surface area (Å²) in [7, 11) is 0. The predicted octanol–water partition coefficient (Wildman–Crippen LogP) is 4.74. The van der Waals surface area contributed by atoms with E-state index in [1.165, 1.54) is 0 Å². The molecule has 1 amide bonds. The summed E-state index contributed by atoms with van der Waals surface area (Å²) in [6.07, 6.45) is 0.734. The molecule has 0 bridgehead atoms. The second-order valence-corrected chi connectivity index (χ2v) is 7.55. The summed E-state index contributed by atoms with van der Waals surface area (Å²) in [6.45, 7) is 2.66. The van der Waals surface area contributed by atoms with Gasteiger partial charge in [0.25, 0.3) is 0 Å². The molecular formula is C26H26N4O2. The number of aliphatic imine (C=N–C) groups is 1. The highest BCUT2D eigenvalue weighted by Crippen LogP contribution is 2.31.